The van der Waals surface area contributed by atoms with Crippen molar-refractivity contribution in [3.63, 3.8) is 0 Å². The van der Waals surface area contributed by atoms with E-state index in [2.05, 4.69) is 9.47 Å². The van der Waals surface area contributed by atoms with Crippen LogP contribution in [-0.4, -0.2) is 30.9 Å². The topological polar surface area (TPSA) is 101 Å². The summed E-state index contributed by atoms with van der Waals surface area (Å²) in [5.41, 5.74) is 0. The molecule has 0 aliphatic rings. The molecular formula is C11H19F2N3O4. The first-order chi connectivity index (χ1) is 9.38. The van der Waals surface area contributed by atoms with Crippen molar-refractivity contribution >= 4 is 18.1 Å². The van der Waals surface area contributed by atoms with Gasteiger partial charge in [-0.15, -0.1) is 0 Å². The maximum absolute atomic E-state index is 12.9. The van der Waals surface area contributed by atoms with Crippen LogP contribution in [0.2, 0.25) is 0 Å². The number of alkyl carbamates (subject to hydrolysis) is 2. The van der Waals surface area contributed by atoms with E-state index in [0.29, 0.717) is 12.8 Å². The molecule has 9 heteroatoms. The Labute approximate surface area is 115 Å². The maximum atomic E-state index is 12.9. The third-order valence-corrected chi connectivity index (χ3v) is 1.96. The van der Waals surface area contributed by atoms with E-state index in [1.807, 2.05) is 0 Å². The zero-order chi connectivity index (χ0) is 15.5. The van der Waals surface area contributed by atoms with Crippen LogP contribution >= 0.6 is 0 Å². The van der Waals surface area contributed by atoms with Crippen molar-refractivity contribution in [2.45, 2.75) is 52.2 Å². The van der Waals surface area contributed by atoms with E-state index < -0.39 is 30.9 Å². The van der Waals surface area contributed by atoms with Gasteiger partial charge in [-0.2, -0.15) is 0 Å². The average molecular weight is 295 g/mol. The van der Waals surface area contributed by atoms with Gasteiger partial charge in [0.2, 0.25) is 18.7 Å². The Bertz CT molecular complexity index is 312. The molecule has 0 rings (SSSR count). The lowest BCUT2D eigenvalue weighted by Gasteiger charge is -2.12. The Morgan fingerprint density at radius 2 is 1.35 bits per heavy atom. The minimum atomic E-state index is -1.79. The van der Waals surface area contributed by atoms with E-state index in [-0.39, 0.29) is 12.8 Å². The van der Waals surface area contributed by atoms with E-state index in [9.17, 15) is 18.4 Å². The zero-order valence-electron chi connectivity index (χ0n) is 11.4. The minimum absolute atomic E-state index is 0.0246. The molecule has 7 nitrogen and oxygen atoms in total. The van der Waals surface area contributed by atoms with E-state index in [1.54, 1.807) is 24.5 Å². The van der Waals surface area contributed by atoms with Crippen LogP contribution in [0.3, 0.4) is 0 Å². The standard InChI is InChI=1S/C11H19F2N3O4/c1-3-5-7(12)19-10(17)15-9(14)16-11(18)20-8(13)6-4-2/h7-8H,3-6H2,1-2H3,(H3,14,15,16,17,18). The average Bonchev–Trinajstić information content (AvgIpc) is 2.27. The van der Waals surface area contributed by atoms with Gasteiger partial charge in [-0.25, -0.2) is 18.4 Å². The summed E-state index contributed by atoms with van der Waals surface area (Å²) < 4.78 is 34.3. The second kappa shape index (κ2) is 9.93. The summed E-state index contributed by atoms with van der Waals surface area (Å²) in [4.78, 5) is 22.1. The molecule has 0 bridgehead atoms. The fraction of sp³-hybridized carbons (Fsp3) is 0.727. The van der Waals surface area contributed by atoms with Crippen LogP contribution < -0.4 is 10.6 Å². The van der Waals surface area contributed by atoms with E-state index in [1.165, 1.54) is 0 Å². The predicted molar refractivity (Wildman–Crippen MR) is 66.6 cm³/mol. The summed E-state index contributed by atoms with van der Waals surface area (Å²) in [5, 5.41) is 10.7. The van der Waals surface area contributed by atoms with E-state index >= 15 is 0 Å². The molecule has 0 radical (unpaired) electrons. The predicted octanol–water partition coefficient (Wildman–Crippen LogP) is 2.56. The molecule has 2 unspecified atom stereocenters. The second-order valence-electron chi connectivity index (χ2n) is 3.83. The SMILES string of the molecule is CCCC(F)OC(=O)NC(=N)NC(=O)OC(F)CCC. The highest BCUT2D eigenvalue weighted by atomic mass is 19.1. The molecule has 0 aromatic carbocycles. The van der Waals surface area contributed by atoms with Gasteiger partial charge < -0.3 is 9.47 Å². The molecule has 0 aromatic heterocycles. The Kier molecular flexibility index (Phi) is 8.97. The van der Waals surface area contributed by atoms with Gasteiger partial charge in [0.15, 0.2) is 0 Å². The summed E-state index contributed by atoms with van der Waals surface area (Å²) >= 11 is 0. The Morgan fingerprint density at radius 1 is 1.00 bits per heavy atom. The fourth-order valence-electron chi connectivity index (χ4n) is 1.10. The number of guanidine groups is 1. The van der Waals surface area contributed by atoms with Crippen molar-refractivity contribution in [3.05, 3.63) is 0 Å². The molecule has 3 N–H and O–H groups in total. The highest BCUT2D eigenvalue weighted by molar-refractivity contribution is 5.99. The normalized spacial score (nSPS) is 13.0. The summed E-state index contributed by atoms with van der Waals surface area (Å²) in [6, 6.07) is 0. The van der Waals surface area contributed by atoms with Crippen LogP contribution in [0.25, 0.3) is 0 Å². The monoisotopic (exact) mass is 295 g/mol. The third-order valence-electron chi connectivity index (χ3n) is 1.96. The van der Waals surface area contributed by atoms with E-state index in [0.717, 1.165) is 0 Å². The van der Waals surface area contributed by atoms with Crippen molar-refractivity contribution in [1.29, 1.82) is 5.41 Å². The summed E-state index contributed by atoms with van der Waals surface area (Å²) in [5.74, 6) is -0.799. The molecule has 0 aromatic rings. The molecule has 20 heavy (non-hydrogen) atoms. The van der Waals surface area contributed by atoms with Crippen LogP contribution in [0.1, 0.15) is 39.5 Å². The number of nitrogens with one attached hydrogen (secondary N) is 3. The first-order valence-electron chi connectivity index (χ1n) is 6.21. The molecule has 0 heterocycles. The van der Waals surface area contributed by atoms with Crippen molar-refractivity contribution < 1.29 is 27.8 Å². The lowest BCUT2D eigenvalue weighted by Crippen LogP contribution is -2.44. The van der Waals surface area contributed by atoms with Crippen LogP contribution in [0.4, 0.5) is 18.4 Å². The number of hydrogen-bond acceptors (Lipinski definition) is 5. The van der Waals surface area contributed by atoms with Crippen molar-refractivity contribution in [2.75, 3.05) is 0 Å². The van der Waals surface area contributed by atoms with Gasteiger partial charge in [0.25, 0.3) is 0 Å². The fourth-order valence-corrected chi connectivity index (χ4v) is 1.10. The van der Waals surface area contributed by atoms with Crippen molar-refractivity contribution in [3.8, 4) is 0 Å². The van der Waals surface area contributed by atoms with Gasteiger partial charge in [0.05, 0.1) is 0 Å². The number of halogens is 2. The third kappa shape index (κ3) is 9.06. The molecule has 0 aliphatic heterocycles. The minimum Gasteiger partial charge on any atom is -0.415 e. The Morgan fingerprint density at radius 3 is 1.65 bits per heavy atom. The zero-order valence-corrected chi connectivity index (χ0v) is 11.4. The van der Waals surface area contributed by atoms with Crippen LogP contribution in [-0.2, 0) is 9.47 Å². The number of rotatable bonds is 6. The molecule has 2 amide bonds. The van der Waals surface area contributed by atoms with Crippen LogP contribution in [0.15, 0.2) is 0 Å². The number of ether oxygens (including phenoxy) is 2. The van der Waals surface area contributed by atoms with Gasteiger partial charge in [-0.3, -0.25) is 16.0 Å². The first-order valence-corrected chi connectivity index (χ1v) is 6.21. The van der Waals surface area contributed by atoms with Gasteiger partial charge >= 0.3 is 12.2 Å². The Balaban J connectivity index is 3.97. The first kappa shape index (κ1) is 18.1. The highest BCUT2D eigenvalue weighted by Gasteiger charge is 2.16. The van der Waals surface area contributed by atoms with Gasteiger partial charge in [0, 0.05) is 12.8 Å². The van der Waals surface area contributed by atoms with Gasteiger partial charge in [-0.05, 0) is 12.8 Å². The molecule has 0 aliphatic carbocycles. The lowest BCUT2D eigenvalue weighted by atomic mass is 10.3. The quantitative estimate of drug-likeness (QED) is 0.518. The molecular weight excluding hydrogens is 276 g/mol. The molecule has 0 saturated heterocycles. The van der Waals surface area contributed by atoms with Gasteiger partial charge in [0.1, 0.15) is 0 Å². The number of carbonyl (C=O) groups is 2. The summed E-state index contributed by atoms with van der Waals surface area (Å²) in [7, 11) is 0. The molecule has 116 valence electrons. The Hall–Kier alpha value is -1.93. The largest absolute Gasteiger partial charge is 0.416 e. The van der Waals surface area contributed by atoms with Crippen molar-refractivity contribution in [2.24, 2.45) is 0 Å². The molecule has 0 spiro atoms. The second-order valence-corrected chi connectivity index (χ2v) is 3.83. The number of carbonyl (C=O) groups excluding carboxylic acids is 2. The van der Waals surface area contributed by atoms with Crippen molar-refractivity contribution in [1.82, 2.24) is 10.6 Å². The number of amides is 2. The van der Waals surface area contributed by atoms with Gasteiger partial charge in [-0.1, -0.05) is 13.8 Å². The molecule has 0 fully saturated rings. The smallest absolute Gasteiger partial charge is 0.415 e. The van der Waals surface area contributed by atoms with Crippen LogP contribution in [0.5, 0.6) is 0 Å². The maximum Gasteiger partial charge on any atom is 0.416 e. The van der Waals surface area contributed by atoms with Crippen LogP contribution in [0, 0.1) is 5.41 Å². The highest BCUT2D eigenvalue weighted by Crippen LogP contribution is 2.04. The molecule has 2 atom stereocenters. The van der Waals surface area contributed by atoms with E-state index in [4.69, 9.17) is 5.41 Å². The lowest BCUT2D eigenvalue weighted by molar-refractivity contribution is 0.00952. The summed E-state index contributed by atoms with van der Waals surface area (Å²) in [6.45, 7) is 3.41. The summed E-state index contributed by atoms with van der Waals surface area (Å²) in [6.07, 6.45) is -5.05. The molecule has 0 saturated carbocycles. The number of hydrogen-bond donors (Lipinski definition) is 3. The number of alkyl halides is 2.